The number of aromatic nitrogens is 1. The monoisotopic (exact) mass is 306 g/mol. The normalized spacial score (nSPS) is 36.4. The number of benzene rings is 1. The predicted molar refractivity (Wildman–Crippen MR) is 91.3 cm³/mol. The second-order valence-electron chi connectivity index (χ2n) is 7.32. The summed E-state index contributed by atoms with van der Waals surface area (Å²) in [5.74, 6) is 0.613. The first-order valence-electron chi connectivity index (χ1n) is 8.67. The molecule has 2 aromatic rings. The third-order valence-corrected chi connectivity index (χ3v) is 6.57. The second-order valence-corrected chi connectivity index (χ2v) is 7.32. The molecule has 23 heavy (non-hydrogen) atoms. The molecule has 4 aliphatic heterocycles. The van der Waals surface area contributed by atoms with Gasteiger partial charge >= 0.3 is 0 Å². The van der Waals surface area contributed by atoms with E-state index in [0.717, 1.165) is 19.4 Å². The van der Waals surface area contributed by atoms with Gasteiger partial charge in [-0.25, -0.2) is 0 Å². The van der Waals surface area contributed by atoms with Crippen molar-refractivity contribution in [1.82, 2.24) is 9.47 Å². The van der Waals surface area contributed by atoms with Crippen molar-refractivity contribution in [3.63, 3.8) is 0 Å². The Morgan fingerprint density at radius 2 is 2.09 bits per heavy atom. The predicted octanol–water partition coefficient (Wildman–Crippen LogP) is 3.24. The zero-order valence-corrected chi connectivity index (χ0v) is 13.7. The van der Waals surface area contributed by atoms with E-state index < -0.39 is 0 Å². The highest BCUT2D eigenvalue weighted by atomic mass is 16.1. The van der Waals surface area contributed by atoms with Crippen LogP contribution >= 0.6 is 0 Å². The lowest BCUT2D eigenvalue weighted by atomic mass is 9.64. The third-order valence-electron chi connectivity index (χ3n) is 6.57. The van der Waals surface area contributed by atoms with E-state index in [-0.39, 0.29) is 5.92 Å². The van der Waals surface area contributed by atoms with Gasteiger partial charge < -0.3 is 9.36 Å². The molecular weight excluding hydrogens is 284 g/mol. The highest BCUT2D eigenvalue weighted by Crippen LogP contribution is 2.54. The number of piperidine rings is 3. The zero-order valence-electron chi connectivity index (χ0n) is 13.7. The maximum absolute atomic E-state index is 11.8. The largest absolute Gasteiger partial charge is 0.346 e. The van der Waals surface area contributed by atoms with E-state index in [1.54, 1.807) is 0 Å². The SMILES string of the molecule is C/C=C1/CN2[C@H]3C[C@@H]1[C@@H](C=O)[C@@H]2Cc1c3n(C)c2ccccc12. The maximum atomic E-state index is 11.8. The minimum atomic E-state index is 0.165. The van der Waals surface area contributed by atoms with Crippen LogP contribution in [0.3, 0.4) is 0 Å². The van der Waals surface area contributed by atoms with E-state index in [1.165, 1.54) is 34.0 Å². The number of carbonyl (C=O) groups is 1. The Morgan fingerprint density at radius 3 is 2.87 bits per heavy atom. The first-order chi connectivity index (χ1) is 11.2. The maximum Gasteiger partial charge on any atom is 0.125 e. The standard InChI is InChI=1S/C20H22N2O/c1-3-12-10-22-18-9-15-13-6-4-5-7-17(13)21(2)20(15)19(22)8-14(12)16(18)11-23/h3-7,11,14,16,18-19H,8-10H2,1-2H3/b12-3-/t14-,16+,18-,19-/m0/s1. The van der Waals surface area contributed by atoms with Crippen LogP contribution in [0, 0.1) is 11.8 Å². The Kier molecular flexibility index (Phi) is 2.70. The smallest absolute Gasteiger partial charge is 0.125 e. The molecule has 4 aliphatic rings. The Labute approximate surface area is 136 Å². The molecular formula is C20H22N2O. The number of fused-ring (bicyclic) bond motifs is 4. The number of para-hydroxylation sites is 1. The number of carbonyl (C=O) groups excluding carboxylic acids is 1. The first kappa shape index (κ1) is 13.6. The molecule has 1 aromatic carbocycles. The summed E-state index contributed by atoms with van der Waals surface area (Å²) < 4.78 is 2.40. The Balaban J connectivity index is 1.74. The van der Waals surface area contributed by atoms with Gasteiger partial charge in [-0.05, 0) is 37.3 Å². The molecule has 1 aromatic heterocycles. The molecule has 0 radical (unpaired) electrons. The van der Waals surface area contributed by atoms with E-state index in [1.807, 2.05) is 0 Å². The van der Waals surface area contributed by atoms with Crippen molar-refractivity contribution >= 4 is 17.2 Å². The molecule has 5 atom stereocenters. The van der Waals surface area contributed by atoms with Gasteiger partial charge in [-0.1, -0.05) is 29.8 Å². The zero-order chi connectivity index (χ0) is 15.7. The number of aryl methyl sites for hydroxylation is 1. The molecule has 6 rings (SSSR count). The Bertz CT molecular complexity index is 847. The third kappa shape index (κ3) is 1.56. The fourth-order valence-corrected chi connectivity index (χ4v) is 5.56. The van der Waals surface area contributed by atoms with Crippen LogP contribution in [0.25, 0.3) is 10.9 Å². The van der Waals surface area contributed by atoms with Crippen molar-refractivity contribution in [2.24, 2.45) is 18.9 Å². The highest BCUT2D eigenvalue weighted by molar-refractivity contribution is 5.86. The molecule has 3 fully saturated rings. The summed E-state index contributed by atoms with van der Waals surface area (Å²) in [6.45, 7) is 3.17. The summed E-state index contributed by atoms with van der Waals surface area (Å²) in [7, 11) is 2.21. The van der Waals surface area contributed by atoms with Crippen molar-refractivity contribution in [3.8, 4) is 0 Å². The Hall–Kier alpha value is -1.87. The van der Waals surface area contributed by atoms with Gasteiger partial charge in [0, 0.05) is 42.1 Å². The van der Waals surface area contributed by atoms with Gasteiger partial charge in [0.2, 0.25) is 0 Å². The first-order valence-corrected chi connectivity index (χ1v) is 8.67. The topological polar surface area (TPSA) is 25.2 Å². The van der Waals surface area contributed by atoms with Gasteiger partial charge in [-0.2, -0.15) is 0 Å². The molecule has 118 valence electrons. The quantitative estimate of drug-likeness (QED) is 0.597. The minimum absolute atomic E-state index is 0.165. The summed E-state index contributed by atoms with van der Waals surface area (Å²) >= 11 is 0. The van der Waals surface area contributed by atoms with E-state index in [2.05, 4.69) is 53.8 Å². The molecule has 5 heterocycles. The van der Waals surface area contributed by atoms with Crippen LogP contribution < -0.4 is 0 Å². The van der Waals surface area contributed by atoms with Crippen LogP contribution in [-0.2, 0) is 18.3 Å². The molecule has 1 unspecified atom stereocenters. The van der Waals surface area contributed by atoms with Crippen molar-refractivity contribution < 1.29 is 4.79 Å². The van der Waals surface area contributed by atoms with Crippen molar-refractivity contribution in [3.05, 3.63) is 47.2 Å². The lowest BCUT2D eigenvalue weighted by Crippen LogP contribution is -2.60. The number of aldehydes is 1. The number of rotatable bonds is 1. The molecule has 3 heteroatoms. The molecule has 0 saturated carbocycles. The molecule has 0 aliphatic carbocycles. The van der Waals surface area contributed by atoms with Gasteiger partial charge in [0.1, 0.15) is 6.29 Å². The molecule has 0 amide bonds. The van der Waals surface area contributed by atoms with Crippen LogP contribution in [0.2, 0.25) is 0 Å². The van der Waals surface area contributed by atoms with Crippen molar-refractivity contribution in [1.29, 1.82) is 0 Å². The summed E-state index contributed by atoms with van der Waals surface area (Å²) in [5, 5.41) is 1.38. The van der Waals surface area contributed by atoms with E-state index in [4.69, 9.17) is 0 Å². The molecule has 0 spiro atoms. The number of nitrogens with zero attached hydrogens (tertiary/aromatic N) is 2. The lowest BCUT2D eigenvalue weighted by molar-refractivity contribution is -0.121. The molecule has 3 saturated heterocycles. The number of hydrogen-bond donors (Lipinski definition) is 0. The lowest BCUT2D eigenvalue weighted by Gasteiger charge is -2.57. The summed E-state index contributed by atoms with van der Waals surface area (Å²) in [6, 6.07) is 9.59. The molecule has 0 N–H and O–H groups in total. The van der Waals surface area contributed by atoms with Crippen molar-refractivity contribution in [2.75, 3.05) is 6.54 Å². The fraction of sp³-hybridized carbons (Fsp3) is 0.450. The van der Waals surface area contributed by atoms with Crippen LogP contribution in [0.5, 0.6) is 0 Å². The van der Waals surface area contributed by atoms with Gasteiger partial charge in [0.25, 0.3) is 0 Å². The summed E-state index contributed by atoms with van der Waals surface area (Å²) in [6.07, 6.45) is 5.59. The average molecular weight is 306 g/mol. The average Bonchev–Trinajstić information content (AvgIpc) is 2.87. The van der Waals surface area contributed by atoms with Crippen LogP contribution in [-0.4, -0.2) is 28.3 Å². The van der Waals surface area contributed by atoms with Gasteiger partial charge in [-0.3, -0.25) is 4.90 Å². The van der Waals surface area contributed by atoms with Crippen LogP contribution in [0.15, 0.2) is 35.9 Å². The van der Waals surface area contributed by atoms with Gasteiger partial charge in [0.05, 0.1) is 6.04 Å². The Morgan fingerprint density at radius 1 is 1.26 bits per heavy atom. The van der Waals surface area contributed by atoms with Crippen molar-refractivity contribution in [2.45, 2.75) is 31.8 Å². The number of hydrogen-bond acceptors (Lipinski definition) is 2. The van der Waals surface area contributed by atoms with Gasteiger partial charge in [0.15, 0.2) is 0 Å². The molecule has 4 bridgehead atoms. The van der Waals surface area contributed by atoms with E-state index in [9.17, 15) is 4.79 Å². The van der Waals surface area contributed by atoms with E-state index >= 15 is 0 Å². The molecule has 3 nitrogen and oxygen atoms in total. The summed E-state index contributed by atoms with van der Waals surface area (Å²) in [5.41, 5.74) is 5.78. The van der Waals surface area contributed by atoms with Crippen LogP contribution in [0.1, 0.15) is 30.6 Å². The minimum Gasteiger partial charge on any atom is -0.346 e. The van der Waals surface area contributed by atoms with E-state index in [0.29, 0.717) is 18.0 Å². The van der Waals surface area contributed by atoms with Crippen LogP contribution in [0.4, 0.5) is 0 Å². The fourth-order valence-electron chi connectivity index (χ4n) is 5.56. The summed E-state index contributed by atoms with van der Waals surface area (Å²) in [4.78, 5) is 14.4. The highest BCUT2D eigenvalue weighted by Gasteiger charge is 2.53. The second kappa shape index (κ2) is 4.57. The number of allylic oxidation sites excluding steroid dienone is 1. The van der Waals surface area contributed by atoms with Gasteiger partial charge in [-0.15, -0.1) is 0 Å².